The van der Waals surface area contributed by atoms with Crippen molar-refractivity contribution in [2.75, 3.05) is 25.2 Å². The van der Waals surface area contributed by atoms with E-state index in [4.69, 9.17) is 25.6 Å². The zero-order valence-electron chi connectivity index (χ0n) is 16.1. The summed E-state index contributed by atoms with van der Waals surface area (Å²) in [7, 11) is 1.56. The van der Waals surface area contributed by atoms with Crippen LogP contribution in [0.1, 0.15) is 25.2 Å². The number of hydrogen-bond acceptors (Lipinski definition) is 6. The molecule has 2 aromatic carbocycles. The monoisotopic (exact) mass is 413 g/mol. The minimum absolute atomic E-state index is 0.0509. The normalized spacial score (nSPS) is 16.3. The van der Waals surface area contributed by atoms with Crippen molar-refractivity contribution in [1.29, 1.82) is 0 Å². The first-order valence-electron chi connectivity index (χ1n) is 9.30. The molecular formula is C21H20ClN3O4. The third-order valence-corrected chi connectivity index (χ3v) is 5.01. The maximum absolute atomic E-state index is 12.7. The number of nitrogens with zero attached hydrogens (tertiary/aromatic N) is 3. The fraction of sp³-hybridized carbons (Fsp3) is 0.286. The topological polar surface area (TPSA) is 77.7 Å². The molecule has 7 nitrogen and oxygen atoms in total. The predicted molar refractivity (Wildman–Crippen MR) is 109 cm³/mol. The highest BCUT2D eigenvalue weighted by Gasteiger charge is 2.36. The Kier molecular flexibility index (Phi) is 5.40. The van der Waals surface area contributed by atoms with Crippen molar-refractivity contribution >= 4 is 23.2 Å². The third kappa shape index (κ3) is 3.78. The van der Waals surface area contributed by atoms with Crippen LogP contribution in [0.3, 0.4) is 0 Å². The number of para-hydroxylation sites is 1. The third-order valence-electron chi connectivity index (χ3n) is 4.78. The van der Waals surface area contributed by atoms with Crippen molar-refractivity contribution in [1.82, 2.24) is 10.1 Å². The van der Waals surface area contributed by atoms with Gasteiger partial charge in [0.2, 0.25) is 17.6 Å². The molecule has 0 spiro atoms. The molecule has 1 atom stereocenters. The predicted octanol–water partition coefficient (Wildman–Crippen LogP) is 4.32. The van der Waals surface area contributed by atoms with Gasteiger partial charge in [-0.3, -0.25) is 4.79 Å². The molecule has 0 N–H and O–H groups in total. The second-order valence-corrected chi connectivity index (χ2v) is 7.04. The average molecular weight is 414 g/mol. The van der Waals surface area contributed by atoms with Crippen molar-refractivity contribution in [3.05, 3.63) is 53.4 Å². The lowest BCUT2D eigenvalue weighted by Crippen LogP contribution is -2.24. The summed E-state index contributed by atoms with van der Waals surface area (Å²) < 4.78 is 16.5. The molecule has 1 amide bonds. The molecule has 4 rings (SSSR count). The van der Waals surface area contributed by atoms with E-state index in [9.17, 15) is 4.79 Å². The van der Waals surface area contributed by atoms with Gasteiger partial charge in [-0.1, -0.05) is 28.9 Å². The van der Waals surface area contributed by atoms with E-state index in [1.807, 2.05) is 31.2 Å². The van der Waals surface area contributed by atoms with Crippen molar-refractivity contribution in [3.8, 4) is 22.9 Å². The Hall–Kier alpha value is -3.06. The van der Waals surface area contributed by atoms with Crippen LogP contribution in [0.2, 0.25) is 5.02 Å². The molecule has 150 valence electrons. The summed E-state index contributed by atoms with van der Waals surface area (Å²) in [5.74, 6) is 1.87. The van der Waals surface area contributed by atoms with Gasteiger partial charge in [-0.25, -0.2) is 0 Å². The Morgan fingerprint density at radius 3 is 2.86 bits per heavy atom. The maximum Gasteiger partial charge on any atom is 0.232 e. The molecule has 0 bridgehead atoms. The molecule has 0 radical (unpaired) electrons. The number of ether oxygens (including phenoxy) is 2. The first kappa shape index (κ1) is 19.3. The van der Waals surface area contributed by atoms with E-state index in [0.29, 0.717) is 47.1 Å². The smallest absolute Gasteiger partial charge is 0.232 e. The van der Waals surface area contributed by atoms with Crippen LogP contribution < -0.4 is 14.4 Å². The van der Waals surface area contributed by atoms with E-state index in [1.165, 1.54) is 0 Å². The van der Waals surface area contributed by atoms with E-state index < -0.39 is 0 Å². The quantitative estimate of drug-likeness (QED) is 0.599. The summed E-state index contributed by atoms with van der Waals surface area (Å²) in [6, 6.07) is 12.7. The summed E-state index contributed by atoms with van der Waals surface area (Å²) in [5.41, 5.74) is 1.39. The van der Waals surface area contributed by atoms with E-state index in [0.717, 1.165) is 5.56 Å². The van der Waals surface area contributed by atoms with Crippen LogP contribution in [-0.4, -0.2) is 36.3 Å². The number of carbonyl (C=O) groups is 1. The van der Waals surface area contributed by atoms with E-state index in [-0.39, 0.29) is 18.2 Å². The van der Waals surface area contributed by atoms with Gasteiger partial charge >= 0.3 is 0 Å². The molecule has 29 heavy (non-hydrogen) atoms. The van der Waals surface area contributed by atoms with E-state index in [1.54, 1.807) is 30.2 Å². The Labute approximate surface area is 173 Å². The van der Waals surface area contributed by atoms with Crippen molar-refractivity contribution in [3.63, 3.8) is 0 Å². The lowest BCUT2D eigenvalue weighted by molar-refractivity contribution is -0.117. The molecule has 1 aliphatic rings. The van der Waals surface area contributed by atoms with Gasteiger partial charge in [0.05, 0.1) is 30.9 Å². The van der Waals surface area contributed by atoms with Gasteiger partial charge in [-0.05, 0) is 37.3 Å². The number of benzene rings is 2. The van der Waals surface area contributed by atoms with Gasteiger partial charge in [0, 0.05) is 18.0 Å². The van der Waals surface area contributed by atoms with Crippen LogP contribution in [-0.2, 0) is 4.79 Å². The van der Waals surface area contributed by atoms with Gasteiger partial charge in [-0.2, -0.15) is 4.98 Å². The van der Waals surface area contributed by atoms with Crippen molar-refractivity contribution in [2.45, 2.75) is 19.3 Å². The Morgan fingerprint density at radius 2 is 2.07 bits per heavy atom. The zero-order valence-corrected chi connectivity index (χ0v) is 16.8. The number of hydrogen-bond donors (Lipinski definition) is 0. The van der Waals surface area contributed by atoms with Crippen LogP contribution in [0.5, 0.6) is 11.5 Å². The summed E-state index contributed by atoms with van der Waals surface area (Å²) in [4.78, 5) is 18.9. The fourth-order valence-corrected chi connectivity index (χ4v) is 3.59. The largest absolute Gasteiger partial charge is 0.495 e. The summed E-state index contributed by atoms with van der Waals surface area (Å²) >= 11 is 6.12. The number of anilines is 1. The number of amides is 1. The Morgan fingerprint density at radius 1 is 1.24 bits per heavy atom. The molecule has 1 saturated heterocycles. The molecule has 2 heterocycles. The molecule has 1 unspecified atom stereocenters. The van der Waals surface area contributed by atoms with E-state index >= 15 is 0 Å². The number of halogens is 1. The SMILES string of the molecule is CCOc1ccccc1-c1noc(C2CC(=O)N(c3cc(Cl)ccc3OC)C2)n1. The highest BCUT2D eigenvalue weighted by molar-refractivity contribution is 6.31. The van der Waals surface area contributed by atoms with Gasteiger partial charge in [0.1, 0.15) is 11.5 Å². The summed E-state index contributed by atoms with van der Waals surface area (Å²) in [6.45, 7) is 2.86. The average Bonchev–Trinajstić information content (AvgIpc) is 3.35. The first-order chi connectivity index (χ1) is 14.1. The minimum atomic E-state index is -0.216. The maximum atomic E-state index is 12.7. The van der Waals surface area contributed by atoms with Gasteiger partial charge in [0.25, 0.3) is 0 Å². The minimum Gasteiger partial charge on any atom is -0.495 e. The standard InChI is InChI=1S/C21H20ClN3O4/c1-3-28-17-7-5-4-6-15(17)20-23-21(29-24-20)13-10-19(26)25(12-13)16-11-14(22)8-9-18(16)27-2/h4-9,11,13H,3,10,12H2,1-2H3. The Balaban J connectivity index is 1.59. The lowest BCUT2D eigenvalue weighted by Gasteiger charge is -2.19. The van der Waals surface area contributed by atoms with Crippen LogP contribution in [0.4, 0.5) is 5.69 Å². The van der Waals surface area contributed by atoms with Crippen LogP contribution >= 0.6 is 11.6 Å². The first-order valence-corrected chi connectivity index (χ1v) is 9.68. The second-order valence-electron chi connectivity index (χ2n) is 6.61. The summed E-state index contributed by atoms with van der Waals surface area (Å²) in [5, 5.41) is 4.63. The number of carbonyl (C=O) groups excluding carboxylic acids is 1. The molecular weight excluding hydrogens is 394 g/mol. The number of aromatic nitrogens is 2. The van der Waals surface area contributed by atoms with Crippen LogP contribution in [0.25, 0.3) is 11.4 Å². The molecule has 0 saturated carbocycles. The van der Waals surface area contributed by atoms with E-state index in [2.05, 4.69) is 10.1 Å². The van der Waals surface area contributed by atoms with Crippen LogP contribution in [0.15, 0.2) is 47.0 Å². The van der Waals surface area contributed by atoms with Crippen LogP contribution in [0, 0.1) is 0 Å². The molecule has 3 aromatic rings. The molecule has 0 aliphatic carbocycles. The van der Waals surface area contributed by atoms with Gasteiger partial charge in [0.15, 0.2) is 0 Å². The van der Waals surface area contributed by atoms with Crippen molar-refractivity contribution in [2.24, 2.45) is 0 Å². The van der Waals surface area contributed by atoms with Gasteiger partial charge < -0.3 is 18.9 Å². The zero-order chi connectivity index (χ0) is 20.4. The highest BCUT2D eigenvalue weighted by atomic mass is 35.5. The summed E-state index contributed by atoms with van der Waals surface area (Å²) in [6.07, 6.45) is 0.268. The van der Waals surface area contributed by atoms with Gasteiger partial charge in [-0.15, -0.1) is 0 Å². The second kappa shape index (κ2) is 8.13. The molecule has 1 fully saturated rings. The molecule has 1 aromatic heterocycles. The molecule has 8 heteroatoms. The van der Waals surface area contributed by atoms with Crippen molar-refractivity contribution < 1.29 is 18.8 Å². The highest BCUT2D eigenvalue weighted by Crippen LogP contribution is 2.38. The lowest BCUT2D eigenvalue weighted by atomic mass is 10.1. The number of methoxy groups -OCH3 is 1. The molecule has 1 aliphatic heterocycles. The Bertz CT molecular complexity index is 1040. The fourth-order valence-electron chi connectivity index (χ4n) is 3.42. The number of rotatable bonds is 6.